The summed E-state index contributed by atoms with van der Waals surface area (Å²) in [4.78, 5) is 14.9. The van der Waals surface area contributed by atoms with Gasteiger partial charge in [0.05, 0.1) is 0 Å². The molecule has 0 aromatic heterocycles. The Bertz CT molecular complexity index is 957. The van der Waals surface area contributed by atoms with Crippen molar-refractivity contribution < 1.29 is 4.79 Å². The molecule has 2 heteroatoms. The van der Waals surface area contributed by atoms with E-state index in [9.17, 15) is 4.79 Å². The molecule has 1 saturated heterocycles. The van der Waals surface area contributed by atoms with Gasteiger partial charge in [-0.2, -0.15) is 0 Å². The predicted molar refractivity (Wildman–Crippen MR) is 112 cm³/mol. The Kier molecular flexibility index (Phi) is 3.66. The van der Waals surface area contributed by atoms with Crippen molar-refractivity contribution in [3.05, 3.63) is 70.3 Å². The smallest absolute Gasteiger partial charge is 0.159 e. The van der Waals surface area contributed by atoms with Crippen molar-refractivity contribution in [3.63, 3.8) is 0 Å². The van der Waals surface area contributed by atoms with Crippen molar-refractivity contribution >= 4 is 5.78 Å². The van der Waals surface area contributed by atoms with Gasteiger partial charge in [0.1, 0.15) is 0 Å². The van der Waals surface area contributed by atoms with E-state index in [2.05, 4.69) is 47.4 Å². The second-order valence-electron chi connectivity index (χ2n) is 9.80. The van der Waals surface area contributed by atoms with Crippen LogP contribution in [0.5, 0.6) is 0 Å². The molecule has 0 N–H and O–H groups in total. The van der Waals surface area contributed by atoms with Crippen LogP contribution in [0.4, 0.5) is 0 Å². The largest absolute Gasteiger partial charge is 0.302 e. The van der Waals surface area contributed by atoms with E-state index in [4.69, 9.17) is 0 Å². The van der Waals surface area contributed by atoms with E-state index in [0.717, 1.165) is 11.5 Å². The first kappa shape index (κ1) is 17.0. The molecule has 0 radical (unpaired) electrons. The van der Waals surface area contributed by atoms with Crippen LogP contribution >= 0.6 is 0 Å². The lowest BCUT2D eigenvalue weighted by Gasteiger charge is -2.37. The molecule has 3 aliphatic carbocycles. The third-order valence-corrected chi connectivity index (χ3v) is 8.29. The quantitative estimate of drug-likeness (QED) is 0.686. The van der Waals surface area contributed by atoms with Gasteiger partial charge in [0.2, 0.25) is 0 Å². The molecule has 1 saturated carbocycles. The predicted octanol–water partition coefficient (Wildman–Crippen LogP) is 5.27. The number of nitrogens with zero attached hydrogens (tertiary/aromatic N) is 1. The number of benzene rings is 2. The second kappa shape index (κ2) is 6.03. The summed E-state index contributed by atoms with van der Waals surface area (Å²) in [6.45, 7) is 5.33. The number of carbonyl (C=O) groups excluding carboxylic acids is 1. The SMILES string of the molecule is CC(=O)c1ccc2c(c1)C13CC2c2ccccc2C1CN(CC1CCCC1)C3. The molecule has 3 unspecified atom stereocenters. The Morgan fingerprint density at radius 2 is 1.86 bits per heavy atom. The number of rotatable bonds is 3. The molecule has 2 aromatic carbocycles. The van der Waals surface area contributed by atoms with Gasteiger partial charge in [-0.15, -0.1) is 0 Å². The molecule has 2 fully saturated rings. The van der Waals surface area contributed by atoms with Crippen LogP contribution in [0.25, 0.3) is 0 Å². The summed E-state index contributed by atoms with van der Waals surface area (Å²) in [7, 11) is 0. The van der Waals surface area contributed by atoms with Gasteiger partial charge in [0.25, 0.3) is 0 Å². The van der Waals surface area contributed by atoms with E-state index in [1.165, 1.54) is 62.9 Å². The van der Waals surface area contributed by atoms with Crippen LogP contribution < -0.4 is 0 Å². The summed E-state index contributed by atoms with van der Waals surface area (Å²) in [6, 6.07) is 15.8. The zero-order valence-corrected chi connectivity index (χ0v) is 16.8. The van der Waals surface area contributed by atoms with Crippen molar-refractivity contribution in [2.75, 3.05) is 19.6 Å². The number of ketones is 1. The number of hydrogen-bond donors (Lipinski definition) is 0. The standard InChI is InChI=1S/C26H29NO/c1-17(28)19-10-11-22-23-13-26(24(22)12-19)16-27(14-18-6-2-3-7-18)15-25(26)21-9-5-4-8-20(21)23/h4-5,8-12,18,23,25H,2-3,6-7,13-16H2,1H3. The number of Topliss-reactive ketones (excluding diaryl/α,β-unsaturated/α-hetero) is 1. The third-order valence-electron chi connectivity index (χ3n) is 8.29. The highest BCUT2D eigenvalue weighted by molar-refractivity contribution is 5.94. The molecule has 1 heterocycles. The maximum Gasteiger partial charge on any atom is 0.159 e. The molecule has 28 heavy (non-hydrogen) atoms. The Hall–Kier alpha value is -1.93. The zero-order chi connectivity index (χ0) is 18.9. The minimum atomic E-state index is 0.190. The number of carbonyl (C=O) groups is 1. The van der Waals surface area contributed by atoms with Crippen LogP contribution in [0.2, 0.25) is 0 Å². The van der Waals surface area contributed by atoms with Gasteiger partial charge < -0.3 is 4.90 Å². The molecule has 4 aliphatic rings. The molecule has 6 rings (SSSR count). The summed E-state index contributed by atoms with van der Waals surface area (Å²) >= 11 is 0. The monoisotopic (exact) mass is 371 g/mol. The molecule has 2 aromatic rings. The molecular weight excluding hydrogens is 342 g/mol. The maximum absolute atomic E-state index is 12.1. The topological polar surface area (TPSA) is 20.3 Å². The molecule has 2 bridgehead atoms. The van der Waals surface area contributed by atoms with Gasteiger partial charge in [-0.25, -0.2) is 0 Å². The van der Waals surface area contributed by atoms with Crippen LogP contribution in [-0.4, -0.2) is 30.3 Å². The summed E-state index contributed by atoms with van der Waals surface area (Å²) in [5, 5.41) is 0. The van der Waals surface area contributed by atoms with Crippen molar-refractivity contribution in [2.24, 2.45) is 5.92 Å². The minimum absolute atomic E-state index is 0.190. The number of hydrogen-bond acceptors (Lipinski definition) is 2. The van der Waals surface area contributed by atoms with E-state index in [1.807, 2.05) is 0 Å². The van der Waals surface area contributed by atoms with Crippen LogP contribution in [0.15, 0.2) is 42.5 Å². The highest BCUT2D eigenvalue weighted by Gasteiger charge is 2.58. The number of fused-ring (bicyclic) bond motifs is 3. The Balaban J connectivity index is 1.47. The Morgan fingerprint density at radius 1 is 1.07 bits per heavy atom. The van der Waals surface area contributed by atoms with Crippen molar-refractivity contribution in [2.45, 2.75) is 56.3 Å². The lowest BCUT2D eigenvalue weighted by atomic mass is 9.65. The lowest BCUT2D eigenvalue weighted by Crippen LogP contribution is -2.35. The van der Waals surface area contributed by atoms with Crippen molar-refractivity contribution in [3.8, 4) is 0 Å². The molecule has 3 atom stereocenters. The fourth-order valence-electron chi connectivity index (χ4n) is 7.10. The summed E-state index contributed by atoms with van der Waals surface area (Å²) in [6.07, 6.45) is 6.90. The molecule has 1 aliphatic heterocycles. The summed E-state index contributed by atoms with van der Waals surface area (Å²) in [5.41, 5.74) is 7.19. The van der Waals surface area contributed by atoms with E-state index in [-0.39, 0.29) is 11.2 Å². The first-order chi connectivity index (χ1) is 13.7. The van der Waals surface area contributed by atoms with Crippen molar-refractivity contribution in [1.82, 2.24) is 4.90 Å². The number of likely N-dealkylation sites (tertiary alicyclic amines) is 1. The van der Waals surface area contributed by atoms with E-state index >= 15 is 0 Å². The van der Waals surface area contributed by atoms with Crippen LogP contribution in [-0.2, 0) is 5.41 Å². The highest BCUT2D eigenvalue weighted by atomic mass is 16.1. The first-order valence-corrected chi connectivity index (χ1v) is 11.1. The van der Waals surface area contributed by atoms with Crippen LogP contribution in [0.3, 0.4) is 0 Å². The molecule has 144 valence electrons. The zero-order valence-electron chi connectivity index (χ0n) is 16.8. The average Bonchev–Trinajstić information content (AvgIpc) is 3.41. The van der Waals surface area contributed by atoms with Crippen LogP contribution in [0.1, 0.15) is 83.5 Å². The molecular formula is C26H29NO. The lowest BCUT2D eigenvalue weighted by molar-refractivity contribution is 0.101. The Labute approximate surface area is 167 Å². The minimum Gasteiger partial charge on any atom is -0.302 e. The summed E-state index contributed by atoms with van der Waals surface area (Å²) in [5.74, 6) is 2.17. The van der Waals surface area contributed by atoms with Gasteiger partial charge in [-0.3, -0.25) is 4.79 Å². The van der Waals surface area contributed by atoms with Gasteiger partial charge in [-0.1, -0.05) is 49.2 Å². The summed E-state index contributed by atoms with van der Waals surface area (Å²) < 4.78 is 0. The van der Waals surface area contributed by atoms with Crippen LogP contribution in [0, 0.1) is 5.92 Å². The average molecular weight is 372 g/mol. The van der Waals surface area contributed by atoms with Gasteiger partial charge in [-0.05, 0) is 60.4 Å². The van der Waals surface area contributed by atoms with Gasteiger partial charge in [0, 0.05) is 42.4 Å². The first-order valence-electron chi connectivity index (χ1n) is 11.1. The fraction of sp³-hybridized carbons (Fsp3) is 0.500. The highest BCUT2D eigenvalue weighted by Crippen LogP contribution is 2.63. The van der Waals surface area contributed by atoms with Gasteiger partial charge in [0.15, 0.2) is 5.78 Å². The van der Waals surface area contributed by atoms with E-state index < -0.39 is 0 Å². The van der Waals surface area contributed by atoms with E-state index in [0.29, 0.717) is 11.8 Å². The van der Waals surface area contributed by atoms with Crippen molar-refractivity contribution in [1.29, 1.82) is 0 Å². The van der Waals surface area contributed by atoms with Gasteiger partial charge >= 0.3 is 0 Å². The maximum atomic E-state index is 12.1. The third kappa shape index (κ3) is 2.27. The molecule has 1 spiro atoms. The normalized spacial score (nSPS) is 30.9. The Morgan fingerprint density at radius 3 is 2.64 bits per heavy atom. The van der Waals surface area contributed by atoms with E-state index in [1.54, 1.807) is 18.1 Å². The molecule has 0 amide bonds. The second-order valence-corrected chi connectivity index (χ2v) is 9.80. The molecule has 2 nitrogen and oxygen atoms in total. The fourth-order valence-corrected chi connectivity index (χ4v) is 7.10.